The molecule has 0 aliphatic heterocycles. The summed E-state index contributed by atoms with van der Waals surface area (Å²) < 4.78 is 0. The molecule has 0 amide bonds. The highest BCUT2D eigenvalue weighted by atomic mass is 16.3. The fraction of sp³-hybridized carbons (Fsp3) is 0.273. The first-order chi connectivity index (χ1) is 11.8. The Balaban J connectivity index is 2.17. The van der Waals surface area contributed by atoms with Gasteiger partial charge in [-0.25, -0.2) is 0 Å². The fourth-order valence-corrected chi connectivity index (χ4v) is 3.08. The average Bonchev–Trinajstić information content (AvgIpc) is 2.64. The summed E-state index contributed by atoms with van der Waals surface area (Å²) in [4.78, 5) is 2.29. The number of hydrogen-bond acceptors (Lipinski definition) is 2. The van der Waals surface area contributed by atoms with Crippen LogP contribution in [-0.2, 0) is 12.8 Å². The van der Waals surface area contributed by atoms with Crippen LogP contribution in [0.1, 0.15) is 11.1 Å². The van der Waals surface area contributed by atoms with Crippen molar-refractivity contribution in [2.45, 2.75) is 24.9 Å². The van der Waals surface area contributed by atoms with Gasteiger partial charge in [-0.2, -0.15) is 0 Å². The number of nitrogens with zero attached hydrogens (tertiary/aromatic N) is 1. The molecule has 0 fully saturated rings. The highest BCUT2D eigenvalue weighted by Crippen LogP contribution is 2.17. The molecule has 0 heterocycles. The molecule has 0 bridgehead atoms. The third-order valence-corrected chi connectivity index (χ3v) is 4.33. The summed E-state index contributed by atoms with van der Waals surface area (Å²) in [7, 11) is 0. The lowest BCUT2D eigenvalue weighted by atomic mass is 9.99. The third-order valence-electron chi connectivity index (χ3n) is 4.33. The summed E-state index contributed by atoms with van der Waals surface area (Å²) in [6.07, 6.45) is 5.71. The van der Waals surface area contributed by atoms with Crippen molar-refractivity contribution in [2.75, 3.05) is 13.2 Å². The third kappa shape index (κ3) is 5.19. The van der Waals surface area contributed by atoms with E-state index in [1.807, 2.05) is 24.3 Å². The molecule has 0 aliphatic carbocycles. The van der Waals surface area contributed by atoms with Gasteiger partial charge in [0.1, 0.15) is 0 Å². The predicted molar refractivity (Wildman–Crippen MR) is 102 cm³/mol. The van der Waals surface area contributed by atoms with Gasteiger partial charge in [0.05, 0.1) is 6.61 Å². The van der Waals surface area contributed by atoms with Gasteiger partial charge in [0.25, 0.3) is 0 Å². The average molecular weight is 321 g/mol. The first kappa shape index (κ1) is 18.2. The van der Waals surface area contributed by atoms with E-state index in [0.717, 1.165) is 12.8 Å². The van der Waals surface area contributed by atoms with Crippen LogP contribution in [0.4, 0.5) is 0 Å². The maximum Gasteiger partial charge on any atom is 0.0558 e. The van der Waals surface area contributed by atoms with Crippen molar-refractivity contribution in [3.8, 4) is 0 Å². The minimum Gasteiger partial charge on any atom is -0.395 e. The zero-order chi connectivity index (χ0) is 17.2. The van der Waals surface area contributed by atoms with Gasteiger partial charge >= 0.3 is 0 Å². The Labute approximate surface area is 145 Å². The molecule has 0 aliphatic rings. The van der Waals surface area contributed by atoms with E-state index in [2.05, 4.69) is 66.6 Å². The minimum absolute atomic E-state index is 0.123. The van der Waals surface area contributed by atoms with Crippen LogP contribution in [0.25, 0.3) is 0 Å². The van der Waals surface area contributed by atoms with E-state index in [0.29, 0.717) is 6.54 Å². The van der Waals surface area contributed by atoms with E-state index in [1.54, 1.807) is 0 Å². The lowest BCUT2D eigenvalue weighted by Crippen LogP contribution is -2.45. The minimum atomic E-state index is 0.123. The molecule has 2 aromatic rings. The van der Waals surface area contributed by atoms with E-state index in [4.69, 9.17) is 0 Å². The molecule has 0 saturated carbocycles. The van der Waals surface area contributed by atoms with Crippen molar-refractivity contribution in [3.05, 3.63) is 97.1 Å². The Bertz CT molecular complexity index is 555. The zero-order valence-electron chi connectivity index (χ0n) is 14.2. The molecule has 126 valence electrons. The molecule has 2 rings (SSSR count). The largest absolute Gasteiger partial charge is 0.395 e. The van der Waals surface area contributed by atoms with Crippen LogP contribution in [0.15, 0.2) is 86.0 Å². The fourth-order valence-electron chi connectivity index (χ4n) is 3.08. The molecule has 0 radical (unpaired) electrons. The summed E-state index contributed by atoms with van der Waals surface area (Å²) in [6.45, 7) is 8.78. The molecule has 2 aromatic carbocycles. The van der Waals surface area contributed by atoms with Gasteiger partial charge in [0.15, 0.2) is 0 Å². The Morgan fingerprint density at radius 2 is 1.21 bits per heavy atom. The van der Waals surface area contributed by atoms with Crippen molar-refractivity contribution < 1.29 is 5.11 Å². The Morgan fingerprint density at radius 1 is 0.792 bits per heavy atom. The van der Waals surface area contributed by atoms with Gasteiger partial charge < -0.3 is 5.11 Å². The Morgan fingerprint density at radius 3 is 1.54 bits per heavy atom. The van der Waals surface area contributed by atoms with E-state index in [9.17, 15) is 5.11 Å². The number of aliphatic hydroxyl groups is 1. The topological polar surface area (TPSA) is 23.5 Å². The molecular weight excluding hydrogens is 294 g/mol. The van der Waals surface area contributed by atoms with Crippen molar-refractivity contribution in [3.63, 3.8) is 0 Å². The number of benzene rings is 2. The normalized spacial score (nSPS) is 13.4. The van der Waals surface area contributed by atoms with Gasteiger partial charge in [-0.15, -0.1) is 13.2 Å². The number of rotatable bonds is 10. The molecular formula is C22H27NO. The summed E-state index contributed by atoms with van der Waals surface area (Å²) in [5.74, 6) is 0. The lowest BCUT2D eigenvalue weighted by Gasteiger charge is -2.35. The van der Waals surface area contributed by atoms with Gasteiger partial charge in [-0.05, 0) is 24.0 Å². The van der Waals surface area contributed by atoms with Crippen LogP contribution >= 0.6 is 0 Å². The first-order valence-corrected chi connectivity index (χ1v) is 8.48. The van der Waals surface area contributed by atoms with Crippen LogP contribution in [0.2, 0.25) is 0 Å². The first-order valence-electron chi connectivity index (χ1n) is 8.48. The van der Waals surface area contributed by atoms with Crippen molar-refractivity contribution in [1.82, 2.24) is 4.90 Å². The molecule has 2 atom stereocenters. The highest BCUT2D eigenvalue weighted by Gasteiger charge is 2.22. The number of hydrogen-bond donors (Lipinski definition) is 1. The standard InChI is InChI=1S/C22H27NO/c1-3-21(17-19-11-7-5-8-12-19)23(15-16-24)22(4-2)18-20-13-9-6-10-14-20/h3-14,21-22,24H,1-2,15-18H2. The van der Waals surface area contributed by atoms with Crippen LogP contribution in [0.5, 0.6) is 0 Å². The van der Waals surface area contributed by atoms with Gasteiger partial charge in [0, 0.05) is 18.6 Å². The van der Waals surface area contributed by atoms with Crippen LogP contribution in [0, 0.1) is 0 Å². The summed E-state index contributed by atoms with van der Waals surface area (Å²) in [5, 5.41) is 9.55. The van der Waals surface area contributed by atoms with Crippen LogP contribution < -0.4 is 0 Å². The summed E-state index contributed by atoms with van der Waals surface area (Å²) in [5.41, 5.74) is 2.54. The van der Waals surface area contributed by atoms with Gasteiger partial charge in [0.2, 0.25) is 0 Å². The summed E-state index contributed by atoms with van der Waals surface area (Å²) in [6, 6.07) is 21.1. The maximum absolute atomic E-state index is 9.55. The molecule has 0 saturated heterocycles. The zero-order valence-corrected chi connectivity index (χ0v) is 14.2. The predicted octanol–water partition coefficient (Wildman–Crippen LogP) is 3.88. The summed E-state index contributed by atoms with van der Waals surface area (Å²) >= 11 is 0. The van der Waals surface area contributed by atoms with Crippen molar-refractivity contribution in [2.24, 2.45) is 0 Å². The SMILES string of the molecule is C=CC(Cc1ccccc1)N(CCO)C(C=C)Cc1ccccc1. The van der Waals surface area contributed by atoms with E-state index in [1.165, 1.54) is 11.1 Å². The second-order valence-corrected chi connectivity index (χ2v) is 5.95. The molecule has 2 unspecified atom stereocenters. The second kappa shape index (κ2) is 9.86. The molecule has 24 heavy (non-hydrogen) atoms. The molecule has 2 nitrogen and oxygen atoms in total. The van der Waals surface area contributed by atoms with E-state index in [-0.39, 0.29) is 18.7 Å². The molecule has 0 spiro atoms. The van der Waals surface area contributed by atoms with Crippen molar-refractivity contribution in [1.29, 1.82) is 0 Å². The monoisotopic (exact) mass is 321 g/mol. The van der Waals surface area contributed by atoms with Crippen LogP contribution in [0.3, 0.4) is 0 Å². The molecule has 1 N–H and O–H groups in total. The van der Waals surface area contributed by atoms with Gasteiger partial charge in [-0.3, -0.25) is 4.90 Å². The van der Waals surface area contributed by atoms with Crippen LogP contribution in [-0.4, -0.2) is 35.2 Å². The maximum atomic E-state index is 9.55. The molecule has 0 aromatic heterocycles. The quantitative estimate of drug-likeness (QED) is 0.671. The molecule has 2 heteroatoms. The highest BCUT2D eigenvalue weighted by molar-refractivity contribution is 5.20. The van der Waals surface area contributed by atoms with Gasteiger partial charge in [-0.1, -0.05) is 72.8 Å². The lowest BCUT2D eigenvalue weighted by molar-refractivity contribution is 0.142. The Hall–Kier alpha value is -2.16. The van der Waals surface area contributed by atoms with Crippen molar-refractivity contribution >= 4 is 0 Å². The van der Waals surface area contributed by atoms with E-state index < -0.39 is 0 Å². The second-order valence-electron chi connectivity index (χ2n) is 5.95. The number of aliphatic hydroxyl groups excluding tert-OH is 1. The smallest absolute Gasteiger partial charge is 0.0558 e. The van der Waals surface area contributed by atoms with E-state index >= 15 is 0 Å². The Kier molecular flexibility index (Phi) is 7.47.